The van der Waals surface area contributed by atoms with Crippen molar-refractivity contribution in [2.45, 2.75) is 45.0 Å². The van der Waals surface area contributed by atoms with Gasteiger partial charge in [0, 0.05) is 18.9 Å². The number of aromatic nitrogens is 1. The van der Waals surface area contributed by atoms with E-state index in [0.29, 0.717) is 18.5 Å². The highest BCUT2D eigenvalue weighted by Crippen LogP contribution is 2.32. The smallest absolute Gasteiger partial charge is 0.325 e. The molecule has 1 aromatic rings. The molecule has 0 aromatic carbocycles. The Bertz CT molecular complexity index is 570. The Balaban J connectivity index is 2.18. The summed E-state index contributed by atoms with van der Waals surface area (Å²) >= 11 is 0. The summed E-state index contributed by atoms with van der Waals surface area (Å²) in [4.78, 5) is 29.5. The van der Waals surface area contributed by atoms with E-state index in [1.54, 1.807) is 37.8 Å². The van der Waals surface area contributed by atoms with Crippen molar-refractivity contribution >= 4 is 11.9 Å². The van der Waals surface area contributed by atoms with E-state index in [0.717, 1.165) is 0 Å². The number of esters is 1. The van der Waals surface area contributed by atoms with E-state index in [9.17, 15) is 14.7 Å². The van der Waals surface area contributed by atoms with Crippen molar-refractivity contribution in [2.24, 2.45) is 11.7 Å². The van der Waals surface area contributed by atoms with E-state index in [1.807, 2.05) is 0 Å². The van der Waals surface area contributed by atoms with Crippen molar-refractivity contribution in [3.8, 4) is 0 Å². The van der Waals surface area contributed by atoms with Crippen molar-refractivity contribution in [3.63, 3.8) is 0 Å². The molecule has 0 amide bonds. The maximum absolute atomic E-state index is 12.3. The molecule has 3 N–H and O–H groups in total. The van der Waals surface area contributed by atoms with Crippen LogP contribution in [0.1, 0.15) is 38.8 Å². The van der Waals surface area contributed by atoms with E-state index in [4.69, 9.17) is 10.5 Å². The Morgan fingerprint density at radius 3 is 2.52 bits per heavy atom. The van der Waals surface area contributed by atoms with Gasteiger partial charge in [0.2, 0.25) is 0 Å². The van der Waals surface area contributed by atoms with Crippen LogP contribution in [0.15, 0.2) is 24.5 Å². The maximum Gasteiger partial charge on any atom is 0.325 e. The molecule has 7 heteroatoms. The standard InChI is InChI=1S/C16H23N3O4/c1-16(2,3)23-15(22)11-6-9-19(13(11)17)12(14(20)21)10-4-7-18-8-5-10/h4-5,7-8,11-13H,6,9,17H2,1-3H3,(H,20,21). The minimum Gasteiger partial charge on any atom is -0.480 e. The van der Waals surface area contributed by atoms with Crippen molar-refractivity contribution < 1.29 is 19.4 Å². The number of hydrogen-bond acceptors (Lipinski definition) is 6. The van der Waals surface area contributed by atoms with Gasteiger partial charge < -0.3 is 15.6 Å². The summed E-state index contributed by atoms with van der Waals surface area (Å²) in [6.07, 6.45) is 2.86. The van der Waals surface area contributed by atoms with E-state index >= 15 is 0 Å². The molecule has 2 rings (SSSR count). The first-order chi connectivity index (χ1) is 10.7. The fourth-order valence-electron chi connectivity index (χ4n) is 2.80. The summed E-state index contributed by atoms with van der Waals surface area (Å²) in [6.45, 7) is 5.80. The number of nitrogens with zero attached hydrogens (tertiary/aromatic N) is 2. The van der Waals surface area contributed by atoms with Gasteiger partial charge in [0.25, 0.3) is 0 Å². The Morgan fingerprint density at radius 1 is 1.39 bits per heavy atom. The summed E-state index contributed by atoms with van der Waals surface area (Å²) in [5, 5.41) is 9.58. The number of hydrogen-bond donors (Lipinski definition) is 2. The number of carbonyl (C=O) groups excluding carboxylic acids is 1. The van der Waals surface area contributed by atoms with Gasteiger partial charge >= 0.3 is 11.9 Å². The van der Waals surface area contributed by atoms with Gasteiger partial charge in [-0.1, -0.05) is 0 Å². The van der Waals surface area contributed by atoms with Crippen LogP contribution >= 0.6 is 0 Å². The molecule has 3 atom stereocenters. The quantitative estimate of drug-likeness (QED) is 0.801. The zero-order valence-electron chi connectivity index (χ0n) is 13.6. The summed E-state index contributed by atoms with van der Waals surface area (Å²) in [5.41, 5.74) is 6.16. The average Bonchev–Trinajstić information content (AvgIpc) is 2.80. The average molecular weight is 321 g/mol. The molecule has 0 bridgehead atoms. The molecule has 0 radical (unpaired) electrons. The summed E-state index contributed by atoms with van der Waals surface area (Å²) in [6, 6.07) is 2.39. The highest BCUT2D eigenvalue weighted by atomic mass is 16.6. The first-order valence-electron chi connectivity index (χ1n) is 7.57. The van der Waals surface area contributed by atoms with Gasteiger partial charge in [-0.3, -0.25) is 19.5 Å². The Kier molecular flexibility index (Phi) is 5.01. The molecular weight excluding hydrogens is 298 g/mol. The van der Waals surface area contributed by atoms with Crippen LogP contribution in [-0.2, 0) is 14.3 Å². The molecule has 1 aliphatic heterocycles. The molecule has 0 aliphatic carbocycles. The summed E-state index contributed by atoms with van der Waals surface area (Å²) in [5.74, 6) is -1.92. The molecule has 126 valence electrons. The van der Waals surface area contributed by atoms with Crippen LogP contribution in [-0.4, -0.2) is 45.2 Å². The predicted molar refractivity (Wildman–Crippen MR) is 83.2 cm³/mol. The minimum absolute atomic E-state index is 0.383. The number of carbonyl (C=O) groups is 2. The normalized spacial score (nSPS) is 23.5. The highest BCUT2D eigenvalue weighted by molar-refractivity contribution is 5.77. The SMILES string of the molecule is CC(C)(C)OC(=O)C1CCN(C(C(=O)O)c2ccncc2)C1N. The first-order valence-corrected chi connectivity index (χ1v) is 7.57. The van der Waals surface area contributed by atoms with Crippen LogP contribution in [0.2, 0.25) is 0 Å². The van der Waals surface area contributed by atoms with Gasteiger partial charge in [0.05, 0.1) is 12.1 Å². The monoisotopic (exact) mass is 321 g/mol. The molecule has 1 aliphatic rings. The summed E-state index contributed by atoms with van der Waals surface area (Å²) in [7, 11) is 0. The van der Waals surface area contributed by atoms with Crippen LogP contribution < -0.4 is 5.73 Å². The van der Waals surface area contributed by atoms with E-state index < -0.39 is 29.7 Å². The molecule has 23 heavy (non-hydrogen) atoms. The number of nitrogens with two attached hydrogens (primary N) is 1. The molecule has 0 saturated carbocycles. The van der Waals surface area contributed by atoms with Gasteiger partial charge in [-0.05, 0) is 44.9 Å². The molecule has 1 fully saturated rings. The lowest BCUT2D eigenvalue weighted by molar-refractivity contribution is -0.161. The molecule has 2 heterocycles. The minimum atomic E-state index is -1.00. The van der Waals surface area contributed by atoms with Gasteiger partial charge in [0.1, 0.15) is 11.6 Å². The Labute approximate surface area is 135 Å². The number of carboxylic acid groups (broad SMARTS) is 1. The fraction of sp³-hybridized carbons (Fsp3) is 0.562. The number of ether oxygens (including phenoxy) is 1. The zero-order chi connectivity index (χ0) is 17.2. The second-order valence-corrected chi connectivity index (χ2v) is 6.68. The first kappa shape index (κ1) is 17.4. The van der Waals surface area contributed by atoms with Crippen LogP contribution in [0.25, 0.3) is 0 Å². The maximum atomic E-state index is 12.3. The van der Waals surface area contributed by atoms with Crippen molar-refractivity contribution in [1.29, 1.82) is 0 Å². The zero-order valence-corrected chi connectivity index (χ0v) is 13.6. The lowest BCUT2D eigenvalue weighted by atomic mass is 10.0. The molecule has 3 unspecified atom stereocenters. The molecule has 1 aromatic heterocycles. The molecular formula is C16H23N3O4. The van der Waals surface area contributed by atoms with Gasteiger partial charge in [-0.2, -0.15) is 0 Å². The van der Waals surface area contributed by atoms with Gasteiger partial charge in [-0.15, -0.1) is 0 Å². The second kappa shape index (κ2) is 6.64. The summed E-state index contributed by atoms with van der Waals surface area (Å²) < 4.78 is 5.38. The number of aliphatic carboxylic acids is 1. The number of likely N-dealkylation sites (tertiary alicyclic amines) is 1. The van der Waals surface area contributed by atoms with E-state index in [-0.39, 0.29) is 5.97 Å². The lowest BCUT2D eigenvalue weighted by Gasteiger charge is -2.30. The van der Waals surface area contributed by atoms with Crippen LogP contribution in [0, 0.1) is 5.92 Å². The third-order valence-electron chi connectivity index (χ3n) is 3.79. The number of carboxylic acids is 1. The molecule has 0 spiro atoms. The van der Waals surface area contributed by atoms with Gasteiger partial charge in [-0.25, -0.2) is 0 Å². The van der Waals surface area contributed by atoms with Crippen LogP contribution in [0.4, 0.5) is 0 Å². The topological polar surface area (TPSA) is 106 Å². The van der Waals surface area contributed by atoms with Gasteiger partial charge in [0.15, 0.2) is 0 Å². The molecule has 7 nitrogen and oxygen atoms in total. The second-order valence-electron chi connectivity index (χ2n) is 6.68. The van der Waals surface area contributed by atoms with Crippen LogP contribution in [0.5, 0.6) is 0 Å². The third kappa shape index (κ3) is 4.05. The Morgan fingerprint density at radius 2 is 2.00 bits per heavy atom. The molecule has 1 saturated heterocycles. The predicted octanol–water partition coefficient (Wildman–Crippen LogP) is 1.16. The van der Waals surface area contributed by atoms with Crippen molar-refractivity contribution in [2.75, 3.05) is 6.54 Å². The Hall–Kier alpha value is -1.99. The highest BCUT2D eigenvalue weighted by Gasteiger charge is 2.43. The van der Waals surface area contributed by atoms with Crippen LogP contribution in [0.3, 0.4) is 0 Å². The number of pyridine rings is 1. The number of rotatable bonds is 4. The largest absolute Gasteiger partial charge is 0.480 e. The van der Waals surface area contributed by atoms with E-state index in [2.05, 4.69) is 4.98 Å². The lowest BCUT2D eigenvalue weighted by Crippen LogP contribution is -2.47. The third-order valence-corrected chi connectivity index (χ3v) is 3.79. The van der Waals surface area contributed by atoms with E-state index in [1.165, 1.54) is 12.4 Å². The fourth-order valence-corrected chi connectivity index (χ4v) is 2.80. The van der Waals surface area contributed by atoms with Crippen molar-refractivity contribution in [1.82, 2.24) is 9.88 Å². The van der Waals surface area contributed by atoms with Crippen molar-refractivity contribution in [3.05, 3.63) is 30.1 Å².